The maximum Gasteiger partial charge on any atom is 0.259 e. The van der Waals surface area contributed by atoms with Crippen molar-refractivity contribution < 1.29 is 9.26 Å². The number of methoxy groups -OCH3 is 1. The number of hydrogen-bond acceptors (Lipinski definition) is 5. The lowest BCUT2D eigenvalue weighted by atomic mass is 10.1. The summed E-state index contributed by atoms with van der Waals surface area (Å²) in [5, 5.41) is 3.99. The van der Waals surface area contributed by atoms with Gasteiger partial charge in [0.2, 0.25) is 0 Å². The quantitative estimate of drug-likeness (QED) is 0.727. The molecule has 3 aromatic rings. The highest BCUT2D eigenvalue weighted by Crippen LogP contribution is 2.17. The van der Waals surface area contributed by atoms with Gasteiger partial charge in [0.15, 0.2) is 5.82 Å². The fourth-order valence-corrected chi connectivity index (χ4v) is 1.86. The molecule has 0 amide bonds. The van der Waals surface area contributed by atoms with E-state index in [1.165, 1.54) is 0 Å². The van der Waals surface area contributed by atoms with E-state index in [4.69, 9.17) is 9.26 Å². The van der Waals surface area contributed by atoms with Crippen LogP contribution < -0.4 is 4.74 Å². The molecule has 3 rings (SSSR count). The molecule has 0 saturated heterocycles. The highest BCUT2D eigenvalue weighted by Gasteiger charge is 2.09. The molecule has 0 saturated carbocycles. The lowest BCUT2D eigenvalue weighted by Crippen LogP contribution is -1.91. The zero-order valence-corrected chi connectivity index (χ0v) is 11.0. The van der Waals surface area contributed by atoms with Crippen molar-refractivity contribution in [3.8, 4) is 17.2 Å². The zero-order chi connectivity index (χ0) is 13.8. The Morgan fingerprint density at radius 1 is 1.15 bits per heavy atom. The van der Waals surface area contributed by atoms with Crippen molar-refractivity contribution in [2.24, 2.45) is 0 Å². The molecule has 0 bridgehead atoms. The summed E-state index contributed by atoms with van der Waals surface area (Å²) in [5.41, 5.74) is 1.92. The topological polar surface area (TPSA) is 61.0 Å². The van der Waals surface area contributed by atoms with Gasteiger partial charge >= 0.3 is 0 Å². The molecule has 0 atom stereocenters. The summed E-state index contributed by atoms with van der Waals surface area (Å²) >= 11 is 0. The number of pyridine rings is 1. The predicted molar refractivity (Wildman–Crippen MR) is 73.3 cm³/mol. The third-order valence-electron chi connectivity index (χ3n) is 2.90. The van der Waals surface area contributed by atoms with Gasteiger partial charge in [-0.25, -0.2) is 0 Å². The van der Waals surface area contributed by atoms with E-state index in [0.717, 1.165) is 16.9 Å². The average Bonchev–Trinajstić information content (AvgIpc) is 2.97. The summed E-state index contributed by atoms with van der Waals surface area (Å²) in [6.07, 6.45) is 4.02. The van der Waals surface area contributed by atoms with Crippen molar-refractivity contribution in [1.82, 2.24) is 15.1 Å². The Morgan fingerprint density at radius 3 is 2.70 bits per heavy atom. The Kier molecular flexibility index (Phi) is 3.41. The lowest BCUT2D eigenvalue weighted by molar-refractivity contribution is 0.414. The third-order valence-corrected chi connectivity index (χ3v) is 2.90. The standard InChI is InChI=1S/C15H13N3O2/c1-19-13-6-4-11(5-7-13)9-14-17-15(20-18-14)12-3-2-8-16-10-12/h2-8,10H,9H2,1H3. The molecule has 0 fully saturated rings. The highest BCUT2D eigenvalue weighted by atomic mass is 16.5. The number of rotatable bonds is 4. The first kappa shape index (κ1) is 12.3. The molecule has 0 aliphatic heterocycles. The fourth-order valence-electron chi connectivity index (χ4n) is 1.86. The van der Waals surface area contributed by atoms with Crippen LogP contribution in [0.15, 0.2) is 53.3 Å². The molecule has 0 aliphatic carbocycles. The van der Waals surface area contributed by atoms with Gasteiger partial charge < -0.3 is 9.26 Å². The molecule has 0 spiro atoms. The zero-order valence-electron chi connectivity index (χ0n) is 11.0. The second-order valence-electron chi connectivity index (χ2n) is 4.28. The van der Waals surface area contributed by atoms with E-state index in [-0.39, 0.29) is 0 Å². The molecule has 0 radical (unpaired) electrons. The Balaban J connectivity index is 1.77. The Morgan fingerprint density at radius 2 is 2.00 bits per heavy atom. The first-order valence-corrected chi connectivity index (χ1v) is 6.21. The summed E-state index contributed by atoms with van der Waals surface area (Å²) in [6, 6.07) is 11.5. The molecular weight excluding hydrogens is 254 g/mol. The van der Waals surface area contributed by atoms with E-state index >= 15 is 0 Å². The van der Waals surface area contributed by atoms with Gasteiger partial charge in [-0.2, -0.15) is 4.98 Å². The minimum absolute atomic E-state index is 0.488. The molecule has 2 heterocycles. The minimum Gasteiger partial charge on any atom is -0.497 e. The smallest absolute Gasteiger partial charge is 0.259 e. The van der Waals surface area contributed by atoms with Crippen molar-refractivity contribution in [3.63, 3.8) is 0 Å². The van der Waals surface area contributed by atoms with Crippen molar-refractivity contribution in [3.05, 3.63) is 60.2 Å². The second kappa shape index (κ2) is 5.52. The highest BCUT2D eigenvalue weighted by molar-refractivity contribution is 5.50. The number of nitrogens with zero attached hydrogens (tertiary/aromatic N) is 3. The first-order chi connectivity index (χ1) is 9.85. The largest absolute Gasteiger partial charge is 0.497 e. The predicted octanol–water partition coefficient (Wildman–Crippen LogP) is 2.73. The van der Waals surface area contributed by atoms with Crippen LogP contribution in [0, 0.1) is 0 Å². The third kappa shape index (κ3) is 2.66. The Hall–Kier alpha value is -2.69. The molecule has 5 heteroatoms. The Bertz CT molecular complexity index is 678. The number of aromatic nitrogens is 3. The normalized spacial score (nSPS) is 10.4. The molecule has 5 nitrogen and oxygen atoms in total. The summed E-state index contributed by atoms with van der Waals surface area (Å²) < 4.78 is 10.4. The monoisotopic (exact) mass is 267 g/mol. The molecule has 0 aliphatic rings. The molecule has 2 aromatic heterocycles. The minimum atomic E-state index is 0.488. The number of benzene rings is 1. The van der Waals surface area contributed by atoms with Crippen molar-refractivity contribution in [2.45, 2.75) is 6.42 Å². The first-order valence-electron chi connectivity index (χ1n) is 6.21. The van der Waals surface area contributed by atoms with Crippen LogP contribution in [0.1, 0.15) is 11.4 Å². The van der Waals surface area contributed by atoms with E-state index in [2.05, 4.69) is 15.1 Å². The molecule has 100 valence electrons. The van der Waals surface area contributed by atoms with Crippen molar-refractivity contribution >= 4 is 0 Å². The number of ether oxygens (including phenoxy) is 1. The lowest BCUT2D eigenvalue weighted by Gasteiger charge is -2.00. The summed E-state index contributed by atoms with van der Waals surface area (Å²) in [4.78, 5) is 8.40. The Labute approximate surface area is 116 Å². The van der Waals surface area contributed by atoms with Crippen LogP contribution >= 0.6 is 0 Å². The maximum atomic E-state index is 5.24. The van der Waals surface area contributed by atoms with Crippen LogP contribution in [0.25, 0.3) is 11.5 Å². The molecular formula is C15H13N3O2. The molecule has 1 aromatic carbocycles. The molecule has 0 N–H and O–H groups in total. The second-order valence-corrected chi connectivity index (χ2v) is 4.28. The van der Waals surface area contributed by atoms with Crippen LogP contribution in [0.4, 0.5) is 0 Å². The van der Waals surface area contributed by atoms with Gasteiger partial charge in [0.05, 0.1) is 12.7 Å². The van der Waals surface area contributed by atoms with E-state index in [1.54, 1.807) is 19.5 Å². The average molecular weight is 267 g/mol. The van der Waals surface area contributed by atoms with Gasteiger partial charge in [-0.1, -0.05) is 17.3 Å². The van der Waals surface area contributed by atoms with Crippen LogP contribution in [0.3, 0.4) is 0 Å². The van der Waals surface area contributed by atoms with Crippen molar-refractivity contribution in [1.29, 1.82) is 0 Å². The SMILES string of the molecule is COc1ccc(Cc2noc(-c3cccnc3)n2)cc1. The van der Waals surface area contributed by atoms with Crippen LogP contribution in [-0.4, -0.2) is 22.2 Å². The van der Waals surface area contributed by atoms with E-state index in [1.807, 2.05) is 36.4 Å². The van der Waals surface area contributed by atoms with E-state index < -0.39 is 0 Å². The molecule has 20 heavy (non-hydrogen) atoms. The van der Waals surface area contributed by atoms with Crippen LogP contribution in [-0.2, 0) is 6.42 Å². The van der Waals surface area contributed by atoms with Crippen molar-refractivity contribution in [2.75, 3.05) is 7.11 Å². The van der Waals surface area contributed by atoms with Gasteiger partial charge in [-0.15, -0.1) is 0 Å². The molecule has 0 unspecified atom stereocenters. The number of hydrogen-bond donors (Lipinski definition) is 0. The maximum absolute atomic E-state index is 5.24. The van der Waals surface area contributed by atoms with E-state index in [0.29, 0.717) is 18.1 Å². The summed E-state index contributed by atoms with van der Waals surface area (Å²) in [6.45, 7) is 0. The summed E-state index contributed by atoms with van der Waals surface area (Å²) in [5.74, 6) is 1.97. The van der Waals surface area contributed by atoms with Gasteiger partial charge in [0.1, 0.15) is 5.75 Å². The van der Waals surface area contributed by atoms with Crippen LogP contribution in [0.5, 0.6) is 5.75 Å². The van der Waals surface area contributed by atoms with Gasteiger partial charge in [-0.3, -0.25) is 4.98 Å². The summed E-state index contributed by atoms with van der Waals surface area (Å²) in [7, 11) is 1.65. The van der Waals surface area contributed by atoms with E-state index in [9.17, 15) is 0 Å². The van der Waals surface area contributed by atoms with Crippen LogP contribution in [0.2, 0.25) is 0 Å². The fraction of sp³-hybridized carbons (Fsp3) is 0.133. The van der Waals surface area contributed by atoms with Gasteiger partial charge in [0, 0.05) is 18.8 Å². The van der Waals surface area contributed by atoms with Gasteiger partial charge in [0.25, 0.3) is 5.89 Å². The van der Waals surface area contributed by atoms with Gasteiger partial charge in [-0.05, 0) is 29.8 Å².